The van der Waals surface area contributed by atoms with E-state index in [0.29, 0.717) is 23.7 Å². The standard InChI is InChI=1S/C15H23ClN4O.HI/c1-11-6-7-13(12(16)10-11)18-14(21)8-9-17-15(19(2)3)20(4)5;/h6-7,10H,8-9H2,1-5H3,(H,18,21);1H. The first kappa shape index (κ1) is 21.0. The summed E-state index contributed by atoms with van der Waals surface area (Å²) in [6.45, 7) is 2.39. The molecule has 0 bridgehead atoms. The van der Waals surface area contributed by atoms with Crippen LogP contribution in [0.25, 0.3) is 0 Å². The highest BCUT2D eigenvalue weighted by atomic mass is 127. The molecule has 0 heterocycles. The first-order chi connectivity index (χ1) is 9.81. The van der Waals surface area contributed by atoms with Crippen LogP contribution in [0, 0.1) is 6.92 Å². The number of guanidine groups is 1. The molecule has 0 unspecified atom stereocenters. The van der Waals surface area contributed by atoms with Gasteiger partial charge in [0.25, 0.3) is 0 Å². The minimum absolute atomic E-state index is 0. The monoisotopic (exact) mass is 438 g/mol. The van der Waals surface area contributed by atoms with Crippen molar-refractivity contribution in [3.8, 4) is 0 Å². The molecular formula is C15H24ClIN4O. The van der Waals surface area contributed by atoms with Crippen LogP contribution in [0.1, 0.15) is 12.0 Å². The van der Waals surface area contributed by atoms with E-state index in [4.69, 9.17) is 11.6 Å². The number of nitrogens with one attached hydrogen (secondary N) is 1. The summed E-state index contributed by atoms with van der Waals surface area (Å²) in [5, 5.41) is 3.35. The summed E-state index contributed by atoms with van der Waals surface area (Å²) in [7, 11) is 7.69. The highest BCUT2D eigenvalue weighted by Crippen LogP contribution is 2.22. The maximum Gasteiger partial charge on any atom is 0.226 e. The summed E-state index contributed by atoms with van der Waals surface area (Å²) in [5.41, 5.74) is 1.70. The van der Waals surface area contributed by atoms with E-state index < -0.39 is 0 Å². The maximum absolute atomic E-state index is 11.9. The molecule has 0 fully saturated rings. The molecule has 1 rings (SSSR count). The molecule has 0 aliphatic rings. The number of nitrogens with zero attached hydrogens (tertiary/aromatic N) is 3. The number of hydrogen-bond acceptors (Lipinski definition) is 2. The van der Waals surface area contributed by atoms with Gasteiger partial charge in [-0.1, -0.05) is 17.7 Å². The summed E-state index contributed by atoms with van der Waals surface area (Å²) in [4.78, 5) is 20.1. The van der Waals surface area contributed by atoms with E-state index in [2.05, 4.69) is 10.3 Å². The number of halogens is 2. The van der Waals surface area contributed by atoms with Crippen molar-refractivity contribution in [3.63, 3.8) is 0 Å². The van der Waals surface area contributed by atoms with Gasteiger partial charge < -0.3 is 15.1 Å². The fraction of sp³-hybridized carbons (Fsp3) is 0.467. The van der Waals surface area contributed by atoms with Crippen molar-refractivity contribution >= 4 is 53.1 Å². The van der Waals surface area contributed by atoms with Gasteiger partial charge in [0.15, 0.2) is 5.96 Å². The second kappa shape index (κ2) is 9.89. The van der Waals surface area contributed by atoms with Gasteiger partial charge in [0, 0.05) is 34.6 Å². The lowest BCUT2D eigenvalue weighted by Gasteiger charge is -2.22. The normalized spacial score (nSPS) is 9.55. The molecule has 5 nitrogen and oxygen atoms in total. The summed E-state index contributed by atoms with van der Waals surface area (Å²) in [5.74, 6) is 0.734. The molecule has 0 aliphatic heterocycles. The van der Waals surface area contributed by atoms with Crippen LogP contribution in [0.5, 0.6) is 0 Å². The van der Waals surface area contributed by atoms with Crippen molar-refractivity contribution in [3.05, 3.63) is 28.8 Å². The third-order valence-electron chi connectivity index (χ3n) is 2.79. The minimum atomic E-state index is -0.0960. The van der Waals surface area contributed by atoms with Crippen LogP contribution >= 0.6 is 35.6 Å². The SMILES string of the molecule is Cc1ccc(NC(=O)CCN=C(N(C)C)N(C)C)c(Cl)c1.I. The van der Waals surface area contributed by atoms with E-state index in [1.165, 1.54) is 0 Å². The van der Waals surface area contributed by atoms with Gasteiger partial charge in [-0.2, -0.15) is 0 Å². The smallest absolute Gasteiger partial charge is 0.226 e. The van der Waals surface area contributed by atoms with Crippen molar-refractivity contribution in [2.75, 3.05) is 40.1 Å². The zero-order valence-electron chi connectivity index (χ0n) is 13.7. The molecule has 0 aliphatic carbocycles. The van der Waals surface area contributed by atoms with Crippen molar-refractivity contribution < 1.29 is 4.79 Å². The van der Waals surface area contributed by atoms with Gasteiger partial charge in [0.05, 0.1) is 17.3 Å². The van der Waals surface area contributed by atoms with Crippen LogP contribution in [0.3, 0.4) is 0 Å². The average molecular weight is 439 g/mol. The molecule has 0 saturated carbocycles. The molecule has 124 valence electrons. The number of aryl methyl sites for hydroxylation is 1. The quantitative estimate of drug-likeness (QED) is 0.446. The van der Waals surface area contributed by atoms with Gasteiger partial charge in [0.1, 0.15) is 0 Å². The zero-order chi connectivity index (χ0) is 16.0. The molecule has 0 spiro atoms. The van der Waals surface area contributed by atoms with Crippen molar-refractivity contribution in [2.24, 2.45) is 4.99 Å². The second-order valence-electron chi connectivity index (χ2n) is 5.25. The van der Waals surface area contributed by atoms with Crippen LogP contribution in [0.15, 0.2) is 23.2 Å². The number of carbonyl (C=O) groups excluding carboxylic acids is 1. The van der Waals surface area contributed by atoms with Crippen LogP contribution in [-0.2, 0) is 4.79 Å². The Labute approximate surface area is 154 Å². The highest BCUT2D eigenvalue weighted by Gasteiger charge is 2.07. The number of hydrogen-bond donors (Lipinski definition) is 1. The number of rotatable bonds is 4. The zero-order valence-corrected chi connectivity index (χ0v) is 16.8. The largest absolute Gasteiger partial charge is 0.349 e. The summed E-state index contributed by atoms with van der Waals surface area (Å²) in [6, 6.07) is 5.55. The van der Waals surface area contributed by atoms with Gasteiger partial charge in [-0.3, -0.25) is 9.79 Å². The first-order valence-corrected chi connectivity index (χ1v) is 7.14. The molecule has 1 amide bonds. The van der Waals surface area contributed by atoms with Crippen LogP contribution in [-0.4, -0.2) is 56.4 Å². The molecule has 1 N–H and O–H groups in total. The van der Waals surface area contributed by atoms with Gasteiger partial charge in [-0.05, 0) is 24.6 Å². The van der Waals surface area contributed by atoms with E-state index in [9.17, 15) is 4.79 Å². The Kier molecular flexibility index (Phi) is 9.43. The number of anilines is 1. The molecule has 0 atom stereocenters. The Bertz CT molecular complexity index is 522. The Morgan fingerprint density at radius 2 is 1.82 bits per heavy atom. The van der Waals surface area contributed by atoms with Gasteiger partial charge in [-0.15, -0.1) is 24.0 Å². The van der Waals surface area contributed by atoms with Crippen molar-refractivity contribution in [2.45, 2.75) is 13.3 Å². The minimum Gasteiger partial charge on any atom is -0.349 e. The Balaban J connectivity index is 0.00000441. The maximum atomic E-state index is 11.9. The lowest BCUT2D eigenvalue weighted by molar-refractivity contribution is -0.116. The van der Waals surface area contributed by atoms with Gasteiger partial charge in [-0.25, -0.2) is 0 Å². The van der Waals surface area contributed by atoms with E-state index in [1.54, 1.807) is 0 Å². The first-order valence-electron chi connectivity index (χ1n) is 6.76. The number of aliphatic imine (C=N–C) groups is 1. The Morgan fingerprint density at radius 1 is 1.23 bits per heavy atom. The molecule has 7 heteroatoms. The topological polar surface area (TPSA) is 47.9 Å². The Hall–Kier alpha value is -1.02. The predicted octanol–water partition coefficient (Wildman–Crippen LogP) is 3.07. The Morgan fingerprint density at radius 3 is 2.32 bits per heavy atom. The summed E-state index contributed by atoms with van der Waals surface area (Å²) >= 11 is 6.09. The van der Waals surface area contributed by atoms with Crippen LogP contribution in [0.2, 0.25) is 5.02 Å². The molecule has 0 aromatic heterocycles. The predicted molar refractivity (Wildman–Crippen MR) is 105 cm³/mol. The van der Waals surface area contributed by atoms with Gasteiger partial charge >= 0.3 is 0 Å². The lowest BCUT2D eigenvalue weighted by atomic mass is 10.2. The number of benzene rings is 1. The average Bonchev–Trinajstić information content (AvgIpc) is 2.37. The lowest BCUT2D eigenvalue weighted by Crippen LogP contribution is -2.35. The number of amides is 1. The molecule has 1 aromatic carbocycles. The third-order valence-corrected chi connectivity index (χ3v) is 3.10. The van der Waals surface area contributed by atoms with Crippen LogP contribution < -0.4 is 5.32 Å². The van der Waals surface area contributed by atoms with E-state index in [1.807, 2.05) is 63.1 Å². The second-order valence-corrected chi connectivity index (χ2v) is 5.66. The molecule has 22 heavy (non-hydrogen) atoms. The molecular weight excluding hydrogens is 415 g/mol. The van der Waals surface area contributed by atoms with E-state index in [-0.39, 0.29) is 29.9 Å². The molecule has 0 radical (unpaired) electrons. The summed E-state index contributed by atoms with van der Waals surface area (Å²) < 4.78 is 0. The van der Waals surface area contributed by atoms with Crippen LogP contribution in [0.4, 0.5) is 5.69 Å². The van der Waals surface area contributed by atoms with E-state index in [0.717, 1.165) is 11.5 Å². The fourth-order valence-electron chi connectivity index (χ4n) is 1.87. The summed E-state index contributed by atoms with van der Waals surface area (Å²) in [6.07, 6.45) is 0.315. The van der Waals surface area contributed by atoms with Crippen molar-refractivity contribution in [1.82, 2.24) is 9.80 Å². The van der Waals surface area contributed by atoms with Gasteiger partial charge in [0.2, 0.25) is 5.91 Å². The highest BCUT2D eigenvalue weighted by molar-refractivity contribution is 14.0. The molecule has 1 aromatic rings. The number of carbonyl (C=O) groups is 1. The fourth-order valence-corrected chi connectivity index (χ4v) is 2.16. The third kappa shape index (κ3) is 6.83. The molecule has 0 saturated heterocycles. The van der Waals surface area contributed by atoms with E-state index >= 15 is 0 Å². The van der Waals surface area contributed by atoms with Crippen molar-refractivity contribution in [1.29, 1.82) is 0 Å².